The van der Waals surface area contributed by atoms with E-state index in [1.54, 1.807) is 0 Å². The molecule has 0 spiro atoms. The van der Waals surface area contributed by atoms with Gasteiger partial charge in [0, 0.05) is 12.6 Å². The highest BCUT2D eigenvalue weighted by Crippen LogP contribution is 2.16. The van der Waals surface area contributed by atoms with E-state index in [1.807, 2.05) is 18.2 Å². The van der Waals surface area contributed by atoms with Gasteiger partial charge in [-0.3, -0.25) is 4.90 Å². The van der Waals surface area contributed by atoms with E-state index < -0.39 is 0 Å². The lowest BCUT2D eigenvalue weighted by molar-refractivity contribution is 0.180. The van der Waals surface area contributed by atoms with Gasteiger partial charge in [0.25, 0.3) is 0 Å². The Balaban J connectivity index is 1.74. The van der Waals surface area contributed by atoms with Gasteiger partial charge in [-0.2, -0.15) is 0 Å². The molecule has 0 saturated carbocycles. The number of benzene rings is 1. The summed E-state index contributed by atoms with van der Waals surface area (Å²) in [4.78, 5) is 2.45. The second-order valence-corrected chi connectivity index (χ2v) is 5.43. The van der Waals surface area contributed by atoms with Gasteiger partial charge in [0.1, 0.15) is 12.4 Å². The molecule has 2 rings (SSSR count). The van der Waals surface area contributed by atoms with E-state index >= 15 is 0 Å². The number of likely N-dealkylation sites (N-methyl/N-ethyl adjacent to an activating group) is 1. The molecule has 0 amide bonds. The van der Waals surface area contributed by atoms with Crippen molar-refractivity contribution in [1.82, 2.24) is 10.2 Å². The topological polar surface area (TPSA) is 24.5 Å². The maximum absolute atomic E-state index is 5.87. The maximum atomic E-state index is 5.87. The molecule has 1 fully saturated rings. The van der Waals surface area contributed by atoms with Crippen LogP contribution < -0.4 is 10.1 Å². The number of hydrogen-bond donors (Lipinski definition) is 1. The highest BCUT2D eigenvalue weighted by molar-refractivity contribution is 5.31. The normalized spacial score (nSPS) is 20.3. The van der Waals surface area contributed by atoms with Gasteiger partial charge in [0.2, 0.25) is 0 Å². The van der Waals surface area contributed by atoms with Crippen molar-refractivity contribution in [3.63, 3.8) is 0 Å². The van der Waals surface area contributed by atoms with Crippen LogP contribution >= 0.6 is 0 Å². The van der Waals surface area contributed by atoms with Gasteiger partial charge in [0.05, 0.1) is 0 Å². The van der Waals surface area contributed by atoms with Crippen LogP contribution in [0.1, 0.15) is 24.8 Å². The molecule has 19 heavy (non-hydrogen) atoms. The predicted molar refractivity (Wildman–Crippen MR) is 79.8 cm³/mol. The summed E-state index contributed by atoms with van der Waals surface area (Å²) in [5, 5.41) is 3.46. The van der Waals surface area contributed by atoms with Gasteiger partial charge in [-0.25, -0.2) is 0 Å². The second kappa shape index (κ2) is 7.51. The molecular formula is C16H26N2O. The van der Waals surface area contributed by atoms with Crippen molar-refractivity contribution in [1.29, 1.82) is 0 Å². The molecule has 1 unspecified atom stereocenters. The van der Waals surface area contributed by atoms with Crippen LogP contribution in [0.15, 0.2) is 24.3 Å². The Hall–Kier alpha value is -1.06. The van der Waals surface area contributed by atoms with Crippen LogP contribution in [0, 0.1) is 6.92 Å². The first-order chi connectivity index (χ1) is 9.27. The Labute approximate surface area is 116 Å². The lowest BCUT2D eigenvalue weighted by Gasteiger charge is -2.26. The largest absolute Gasteiger partial charge is 0.492 e. The summed E-state index contributed by atoms with van der Waals surface area (Å²) in [7, 11) is 2.22. The summed E-state index contributed by atoms with van der Waals surface area (Å²) >= 11 is 0. The highest BCUT2D eigenvalue weighted by atomic mass is 16.5. The zero-order valence-corrected chi connectivity index (χ0v) is 12.2. The van der Waals surface area contributed by atoms with Gasteiger partial charge in [-0.05, 0) is 58.0 Å². The molecule has 1 aromatic carbocycles. The molecule has 1 aliphatic rings. The Morgan fingerprint density at radius 1 is 1.26 bits per heavy atom. The second-order valence-electron chi connectivity index (χ2n) is 5.43. The van der Waals surface area contributed by atoms with Crippen molar-refractivity contribution in [2.24, 2.45) is 0 Å². The van der Waals surface area contributed by atoms with Crippen LogP contribution in [-0.2, 0) is 0 Å². The summed E-state index contributed by atoms with van der Waals surface area (Å²) in [6.45, 7) is 6.18. The number of para-hydroxylation sites is 1. The number of ether oxygens (including phenoxy) is 1. The number of hydrogen-bond acceptors (Lipinski definition) is 3. The van der Waals surface area contributed by atoms with Gasteiger partial charge in [-0.15, -0.1) is 0 Å². The number of nitrogens with zero attached hydrogens (tertiary/aromatic N) is 1. The highest BCUT2D eigenvalue weighted by Gasteiger charge is 2.16. The Morgan fingerprint density at radius 3 is 2.95 bits per heavy atom. The van der Waals surface area contributed by atoms with E-state index in [0.29, 0.717) is 6.04 Å². The first-order valence-corrected chi connectivity index (χ1v) is 7.37. The monoisotopic (exact) mass is 262 g/mol. The maximum Gasteiger partial charge on any atom is 0.122 e. The molecule has 1 aromatic rings. The molecule has 1 heterocycles. The standard InChI is InChI=1S/C16H26N2O/c1-14-6-3-4-8-16(14)19-13-12-18(2)15-7-5-10-17-11-9-15/h3-4,6,8,15,17H,5,7,9-13H2,1-2H3. The van der Waals surface area contributed by atoms with E-state index in [-0.39, 0.29) is 0 Å². The van der Waals surface area contributed by atoms with Gasteiger partial charge in [0.15, 0.2) is 0 Å². The molecule has 106 valence electrons. The quantitative estimate of drug-likeness (QED) is 0.882. The van der Waals surface area contributed by atoms with Crippen LogP contribution in [0.2, 0.25) is 0 Å². The average molecular weight is 262 g/mol. The fourth-order valence-corrected chi connectivity index (χ4v) is 2.64. The molecule has 1 atom stereocenters. The van der Waals surface area contributed by atoms with Crippen LogP contribution in [0.25, 0.3) is 0 Å². The van der Waals surface area contributed by atoms with Crippen molar-refractivity contribution in [3.8, 4) is 5.75 Å². The van der Waals surface area contributed by atoms with Crippen LogP contribution in [-0.4, -0.2) is 44.2 Å². The minimum atomic E-state index is 0.704. The van der Waals surface area contributed by atoms with E-state index in [4.69, 9.17) is 4.74 Å². The minimum Gasteiger partial charge on any atom is -0.492 e. The van der Waals surface area contributed by atoms with Crippen molar-refractivity contribution >= 4 is 0 Å². The number of nitrogens with one attached hydrogen (secondary N) is 1. The average Bonchev–Trinajstić information content (AvgIpc) is 2.70. The SMILES string of the molecule is Cc1ccccc1OCCN(C)C1CCCNCC1. The summed E-state index contributed by atoms with van der Waals surface area (Å²) in [5.41, 5.74) is 1.21. The fourth-order valence-electron chi connectivity index (χ4n) is 2.64. The van der Waals surface area contributed by atoms with Crippen LogP contribution in [0.3, 0.4) is 0 Å². The first-order valence-electron chi connectivity index (χ1n) is 7.37. The molecule has 0 aromatic heterocycles. The Morgan fingerprint density at radius 2 is 2.11 bits per heavy atom. The summed E-state index contributed by atoms with van der Waals surface area (Å²) in [6.07, 6.45) is 3.84. The number of aryl methyl sites for hydroxylation is 1. The molecule has 3 nitrogen and oxygen atoms in total. The summed E-state index contributed by atoms with van der Waals surface area (Å²) in [5.74, 6) is 1.01. The van der Waals surface area contributed by atoms with Crippen molar-refractivity contribution in [2.45, 2.75) is 32.2 Å². The van der Waals surface area contributed by atoms with Crippen LogP contribution in [0.4, 0.5) is 0 Å². The van der Waals surface area contributed by atoms with E-state index in [0.717, 1.165) is 25.4 Å². The lowest BCUT2D eigenvalue weighted by atomic mass is 10.1. The molecule has 3 heteroatoms. The third-order valence-electron chi connectivity index (χ3n) is 3.96. The molecular weight excluding hydrogens is 236 g/mol. The Kier molecular flexibility index (Phi) is 5.67. The zero-order valence-electron chi connectivity index (χ0n) is 12.2. The van der Waals surface area contributed by atoms with Gasteiger partial charge >= 0.3 is 0 Å². The zero-order chi connectivity index (χ0) is 13.5. The molecule has 1 saturated heterocycles. The molecule has 1 aliphatic heterocycles. The minimum absolute atomic E-state index is 0.704. The predicted octanol–water partition coefficient (Wildman–Crippen LogP) is 2.45. The van der Waals surface area contributed by atoms with E-state index in [1.165, 1.54) is 31.4 Å². The summed E-state index contributed by atoms with van der Waals surface area (Å²) < 4.78 is 5.87. The molecule has 0 aliphatic carbocycles. The van der Waals surface area contributed by atoms with E-state index in [2.05, 4.69) is 30.3 Å². The molecule has 1 N–H and O–H groups in total. The smallest absolute Gasteiger partial charge is 0.122 e. The Bertz CT molecular complexity index is 373. The molecule has 0 radical (unpaired) electrons. The van der Waals surface area contributed by atoms with E-state index in [9.17, 15) is 0 Å². The fraction of sp³-hybridized carbons (Fsp3) is 0.625. The third-order valence-corrected chi connectivity index (χ3v) is 3.96. The van der Waals surface area contributed by atoms with Gasteiger partial charge in [-0.1, -0.05) is 18.2 Å². The molecule has 0 bridgehead atoms. The van der Waals surface area contributed by atoms with Crippen LogP contribution in [0.5, 0.6) is 5.75 Å². The number of rotatable bonds is 5. The summed E-state index contributed by atoms with van der Waals surface area (Å²) in [6, 6.07) is 8.92. The third kappa shape index (κ3) is 4.51. The van der Waals surface area contributed by atoms with Crippen molar-refractivity contribution < 1.29 is 4.74 Å². The first kappa shape index (κ1) is 14.4. The van der Waals surface area contributed by atoms with Crippen molar-refractivity contribution in [3.05, 3.63) is 29.8 Å². The lowest BCUT2D eigenvalue weighted by Crippen LogP contribution is -2.35. The van der Waals surface area contributed by atoms with Crippen molar-refractivity contribution in [2.75, 3.05) is 33.3 Å². The van der Waals surface area contributed by atoms with Gasteiger partial charge < -0.3 is 10.1 Å².